The molecule has 9 heteroatoms. The normalized spacial score (nSPS) is 24.4. The number of carbonyl (C=O) groups excluding carboxylic acids is 3. The number of nitrogens with zero attached hydrogens (tertiary/aromatic N) is 2. The number of hydrogen-bond donors (Lipinski definition) is 3. The van der Waals surface area contributed by atoms with Crippen LogP contribution >= 0.6 is 11.6 Å². The van der Waals surface area contributed by atoms with Crippen molar-refractivity contribution < 1.29 is 14.4 Å². The summed E-state index contributed by atoms with van der Waals surface area (Å²) in [6.45, 7) is 1.17. The fraction of sp³-hybridized carbons (Fsp3) is 0.520. The summed E-state index contributed by atoms with van der Waals surface area (Å²) in [5.74, 6) is -0.913. The Labute approximate surface area is 203 Å². The number of fused-ring (bicyclic) bond motifs is 1. The van der Waals surface area contributed by atoms with Gasteiger partial charge in [-0.15, -0.1) is 0 Å². The molecule has 2 saturated heterocycles. The Hall–Kier alpha value is -3.05. The van der Waals surface area contributed by atoms with E-state index >= 15 is 0 Å². The number of likely N-dealkylation sites (tertiary alicyclic amines) is 1. The Morgan fingerprint density at radius 1 is 1.32 bits per heavy atom. The van der Waals surface area contributed by atoms with Crippen molar-refractivity contribution in [1.29, 1.82) is 5.26 Å². The Bertz CT molecular complexity index is 1180. The van der Waals surface area contributed by atoms with Gasteiger partial charge >= 0.3 is 0 Å². The molecule has 0 unspecified atom stereocenters. The molecule has 34 heavy (non-hydrogen) atoms. The van der Waals surface area contributed by atoms with Crippen LogP contribution in [-0.4, -0.2) is 52.8 Å². The number of rotatable bonds is 5. The largest absolute Gasteiger partial charge is 0.356 e. The summed E-state index contributed by atoms with van der Waals surface area (Å²) in [7, 11) is 0. The van der Waals surface area contributed by atoms with Gasteiger partial charge in [0.25, 0.3) is 5.91 Å². The van der Waals surface area contributed by atoms with E-state index in [0.29, 0.717) is 42.2 Å². The summed E-state index contributed by atoms with van der Waals surface area (Å²) in [6, 6.07) is 7.96. The monoisotopic (exact) mass is 481 g/mol. The van der Waals surface area contributed by atoms with Gasteiger partial charge in [-0.25, -0.2) is 0 Å². The number of aromatic amines is 1. The number of halogens is 1. The quantitative estimate of drug-likeness (QED) is 0.607. The highest BCUT2D eigenvalue weighted by Gasteiger charge is 2.52. The fourth-order valence-corrected chi connectivity index (χ4v) is 5.92. The summed E-state index contributed by atoms with van der Waals surface area (Å²) in [5, 5.41) is 16.7. The average molecular weight is 482 g/mol. The number of para-hydroxylation sites is 1. The molecule has 1 spiro atoms. The van der Waals surface area contributed by atoms with Gasteiger partial charge in [-0.1, -0.05) is 30.2 Å². The first kappa shape index (κ1) is 22.7. The van der Waals surface area contributed by atoms with E-state index in [4.69, 9.17) is 11.6 Å². The van der Waals surface area contributed by atoms with Crippen molar-refractivity contribution in [2.75, 3.05) is 13.1 Å². The first-order chi connectivity index (χ1) is 16.4. The molecule has 0 radical (unpaired) electrons. The van der Waals surface area contributed by atoms with Crippen LogP contribution in [0.15, 0.2) is 24.3 Å². The van der Waals surface area contributed by atoms with Crippen LogP contribution in [0.4, 0.5) is 0 Å². The lowest BCUT2D eigenvalue weighted by atomic mass is 9.67. The molecule has 2 aliphatic heterocycles. The predicted octanol–water partition coefficient (Wildman–Crippen LogP) is 3.13. The van der Waals surface area contributed by atoms with Crippen LogP contribution in [-0.2, 0) is 9.59 Å². The van der Waals surface area contributed by atoms with Crippen LogP contribution in [0.3, 0.4) is 0 Å². The molecule has 0 bridgehead atoms. The Kier molecular flexibility index (Phi) is 5.98. The minimum atomic E-state index is -0.775. The fourth-order valence-electron chi connectivity index (χ4n) is 5.69. The molecule has 3 atom stereocenters. The molecule has 3 fully saturated rings. The van der Waals surface area contributed by atoms with E-state index in [1.165, 1.54) is 0 Å². The Morgan fingerprint density at radius 2 is 2.15 bits per heavy atom. The summed E-state index contributed by atoms with van der Waals surface area (Å²) in [5.41, 5.74) is 1.06. The summed E-state index contributed by atoms with van der Waals surface area (Å²) < 4.78 is 0. The standard InChI is InChI=1S/C25H28ClN5O3/c26-18-6-1-4-15-11-19(30-21(15)18)24(34)31-14-25(7-3-8-25)12-20(31)23(33)29-17(13-27)10-16-5-2-9-28-22(16)32/h1,4,6,11,16-17,20,30H,2-3,5,7-10,12,14H2,(H,28,32)(H,29,33)/t16-,17-,20-/m0/s1. The zero-order valence-corrected chi connectivity index (χ0v) is 19.7. The maximum atomic E-state index is 13.5. The molecule has 1 saturated carbocycles. The molecule has 8 nitrogen and oxygen atoms in total. The molecule has 1 aromatic heterocycles. The van der Waals surface area contributed by atoms with Crippen molar-refractivity contribution >= 4 is 40.2 Å². The van der Waals surface area contributed by atoms with E-state index in [1.807, 2.05) is 12.1 Å². The van der Waals surface area contributed by atoms with Gasteiger partial charge in [0, 0.05) is 24.4 Å². The van der Waals surface area contributed by atoms with Crippen LogP contribution in [0, 0.1) is 22.7 Å². The highest BCUT2D eigenvalue weighted by molar-refractivity contribution is 6.35. The minimum Gasteiger partial charge on any atom is -0.356 e. The lowest BCUT2D eigenvalue weighted by Gasteiger charge is -2.37. The summed E-state index contributed by atoms with van der Waals surface area (Å²) >= 11 is 6.27. The van der Waals surface area contributed by atoms with Crippen molar-refractivity contribution in [2.24, 2.45) is 11.3 Å². The van der Waals surface area contributed by atoms with Crippen LogP contribution < -0.4 is 10.6 Å². The van der Waals surface area contributed by atoms with E-state index in [2.05, 4.69) is 21.7 Å². The first-order valence-corrected chi connectivity index (χ1v) is 12.3. The molecular weight excluding hydrogens is 454 g/mol. The van der Waals surface area contributed by atoms with Gasteiger partial charge in [0.15, 0.2) is 0 Å². The number of nitrogens with one attached hydrogen (secondary N) is 3. The van der Waals surface area contributed by atoms with Crippen molar-refractivity contribution in [3.63, 3.8) is 0 Å². The third-order valence-electron chi connectivity index (χ3n) is 7.71. The molecule has 3 N–H and O–H groups in total. The van der Waals surface area contributed by atoms with Gasteiger partial charge in [-0.3, -0.25) is 14.4 Å². The highest BCUT2D eigenvalue weighted by Crippen LogP contribution is 2.50. The average Bonchev–Trinajstić information content (AvgIpc) is 3.43. The van der Waals surface area contributed by atoms with E-state index in [1.54, 1.807) is 17.0 Å². The van der Waals surface area contributed by atoms with Gasteiger partial charge in [0.2, 0.25) is 11.8 Å². The number of carbonyl (C=O) groups is 3. The van der Waals surface area contributed by atoms with Crippen LogP contribution in [0.25, 0.3) is 10.9 Å². The third-order valence-corrected chi connectivity index (χ3v) is 8.03. The zero-order valence-electron chi connectivity index (χ0n) is 18.9. The van der Waals surface area contributed by atoms with Crippen LogP contribution in [0.5, 0.6) is 0 Å². The summed E-state index contributed by atoms with van der Waals surface area (Å²) in [6.07, 6.45) is 5.51. The minimum absolute atomic E-state index is 0.0350. The number of benzene rings is 1. The third kappa shape index (κ3) is 4.14. The molecule has 1 aromatic carbocycles. The van der Waals surface area contributed by atoms with E-state index in [9.17, 15) is 19.6 Å². The molecule has 5 rings (SSSR count). The van der Waals surface area contributed by atoms with Crippen LogP contribution in [0.1, 0.15) is 55.4 Å². The van der Waals surface area contributed by atoms with E-state index in [0.717, 1.165) is 31.1 Å². The molecular formula is C25H28ClN5O3. The van der Waals surface area contributed by atoms with Crippen LogP contribution in [0.2, 0.25) is 5.02 Å². The number of aromatic nitrogens is 1. The molecule has 3 amide bonds. The molecule has 3 aliphatic rings. The number of H-pyrrole nitrogens is 1. The number of nitriles is 1. The topological polar surface area (TPSA) is 118 Å². The van der Waals surface area contributed by atoms with Gasteiger partial charge in [0.1, 0.15) is 17.8 Å². The van der Waals surface area contributed by atoms with E-state index in [-0.39, 0.29) is 35.5 Å². The van der Waals surface area contributed by atoms with Crippen molar-refractivity contribution in [3.05, 3.63) is 35.0 Å². The van der Waals surface area contributed by atoms with Crippen molar-refractivity contribution in [1.82, 2.24) is 20.5 Å². The SMILES string of the molecule is N#C[C@H](C[C@@H]1CCCNC1=O)NC(=O)[C@@H]1CC2(CCC2)CN1C(=O)c1cc2cccc(Cl)c2[nH]1. The lowest BCUT2D eigenvalue weighted by molar-refractivity contribution is -0.128. The molecule has 1 aliphatic carbocycles. The van der Waals surface area contributed by atoms with Gasteiger partial charge in [-0.2, -0.15) is 5.26 Å². The molecule has 3 heterocycles. The number of amides is 3. The van der Waals surface area contributed by atoms with E-state index < -0.39 is 12.1 Å². The van der Waals surface area contributed by atoms with Gasteiger partial charge in [-0.05, 0) is 56.1 Å². The Morgan fingerprint density at radius 3 is 2.82 bits per heavy atom. The van der Waals surface area contributed by atoms with Crippen molar-refractivity contribution in [2.45, 2.75) is 57.0 Å². The maximum absolute atomic E-state index is 13.5. The van der Waals surface area contributed by atoms with Gasteiger partial charge < -0.3 is 20.5 Å². The predicted molar refractivity (Wildman–Crippen MR) is 127 cm³/mol. The zero-order chi connectivity index (χ0) is 23.9. The lowest BCUT2D eigenvalue weighted by Crippen LogP contribution is -2.49. The highest BCUT2D eigenvalue weighted by atomic mass is 35.5. The molecule has 178 valence electrons. The number of piperidine rings is 1. The van der Waals surface area contributed by atoms with Crippen molar-refractivity contribution in [3.8, 4) is 6.07 Å². The second-order valence-corrected chi connectivity index (χ2v) is 10.4. The smallest absolute Gasteiger partial charge is 0.271 e. The second kappa shape index (κ2) is 8.95. The Balaban J connectivity index is 1.34. The molecule has 2 aromatic rings. The second-order valence-electron chi connectivity index (χ2n) is 9.95. The summed E-state index contributed by atoms with van der Waals surface area (Å²) in [4.78, 5) is 43.8. The maximum Gasteiger partial charge on any atom is 0.271 e. The number of hydrogen-bond acceptors (Lipinski definition) is 4. The van der Waals surface area contributed by atoms with Gasteiger partial charge in [0.05, 0.1) is 16.6 Å². The first-order valence-electron chi connectivity index (χ1n) is 11.9.